The number of carbonyl (C=O) groups is 2. The van der Waals surface area contributed by atoms with E-state index in [4.69, 9.17) is 23.4 Å². The molecule has 4 aromatic carbocycles. The number of carbonyl (C=O) groups excluding carboxylic acids is 2. The molecular weight excluding hydrogens is 765 g/mol. The van der Waals surface area contributed by atoms with E-state index >= 15 is 4.79 Å². The second-order valence-electron chi connectivity index (χ2n) is 17.9. The standard InChI is InChI=1S/C47H58N2O9Si/c1-29-41(54-8)37-36(43(42(29)55-9)56-27-30-19-13-10-14-20-30)35(28-57-59(47(5,6)7,32-21-15-11-16-22-32)33-23-17-12-18-24-33)48-39(40(37)51)38-31(26-50)25-34(44(48)52)49(38)45(53)58-46(2,3)4/h10-24,31,34-35,38-40,50-51H,25-28H2,1-9H3/t31-,34+,35+,38-,39-,40+/m1/s1. The van der Waals surface area contributed by atoms with Gasteiger partial charge in [0.1, 0.15) is 30.1 Å². The summed E-state index contributed by atoms with van der Waals surface area (Å²) in [5, 5.41) is 25.5. The molecule has 2 saturated heterocycles. The lowest BCUT2D eigenvalue weighted by Crippen LogP contribution is -2.70. The average Bonchev–Trinajstić information content (AvgIpc) is 3.54. The molecule has 2 fully saturated rings. The number of amides is 2. The lowest BCUT2D eigenvalue weighted by molar-refractivity contribution is -0.161. The third-order valence-electron chi connectivity index (χ3n) is 12.2. The Morgan fingerprint density at radius 2 is 1.36 bits per heavy atom. The van der Waals surface area contributed by atoms with Crippen LogP contribution < -0.4 is 24.6 Å². The SMILES string of the molecule is COc1c(C)c(OC)c2c(c1OCc1ccccc1)[C@H](CO[Si](c1ccccc1)(c1ccccc1)C(C)(C)C)N1C(=O)[C@@H]3C[C@H](CO)[C@H]([C@@H]1[C@H]2O)N3C(=O)OC(C)(C)C. The van der Waals surface area contributed by atoms with E-state index in [0.717, 1.165) is 15.9 Å². The molecule has 59 heavy (non-hydrogen) atoms. The number of hydrogen-bond acceptors (Lipinski definition) is 9. The highest BCUT2D eigenvalue weighted by Gasteiger charge is 2.64. The van der Waals surface area contributed by atoms with Crippen molar-refractivity contribution in [2.24, 2.45) is 5.92 Å². The van der Waals surface area contributed by atoms with Gasteiger partial charge in [0.25, 0.3) is 8.32 Å². The minimum absolute atomic E-state index is 0.00196. The van der Waals surface area contributed by atoms with Crippen molar-refractivity contribution in [3.63, 3.8) is 0 Å². The van der Waals surface area contributed by atoms with Crippen molar-refractivity contribution < 1.29 is 43.2 Å². The minimum Gasteiger partial charge on any atom is -0.496 e. The largest absolute Gasteiger partial charge is 0.496 e. The summed E-state index contributed by atoms with van der Waals surface area (Å²) in [5.74, 6) is 0.255. The van der Waals surface area contributed by atoms with Gasteiger partial charge >= 0.3 is 6.09 Å². The summed E-state index contributed by atoms with van der Waals surface area (Å²) in [4.78, 5) is 32.7. The van der Waals surface area contributed by atoms with Gasteiger partial charge in [0.15, 0.2) is 11.5 Å². The number of fused-ring (bicyclic) bond motifs is 5. The van der Waals surface area contributed by atoms with E-state index in [2.05, 4.69) is 45.0 Å². The lowest BCUT2D eigenvalue weighted by atomic mass is 9.78. The highest BCUT2D eigenvalue weighted by atomic mass is 28.4. The molecule has 7 rings (SSSR count). The van der Waals surface area contributed by atoms with Crippen LogP contribution in [0.1, 0.15) is 82.4 Å². The minimum atomic E-state index is -3.22. The zero-order chi connectivity index (χ0) is 42.4. The molecule has 0 aliphatic carbocycles. The second kappa shape index (κ2) is 16.3. The third kappa shape index (κ3) is 7.28. The van der Waals surface area contributed by atoms with Gasteiger partial charge in [-0.2, -0.15) is 0 Å². The number of aliphatic hydroxyl groups excluding tert-OH is 2. The number of methoxy groups -OCH3 is 2. The summed E-state index contributed by atoms with van der Waals surface area (Å²) < 4.78 is 32.6. The first-order valence-electron chi connectivity index (χ1n) is 20.4. The van der Waals surface area contributed by atoms with Crippen LogP contribution in [0.2, 0.25) is 5.04 Å². The van der Waals surface area contributed by atoms with Crippen LogP contribution >= 0.6 is 0 Å². The maximum atomic E-state index is 15.4. The Bertz CT molecular complexity index is 2100. The molecule has 2 bridgehead atoms. The van der Waals surface area contributed by atoms with Gasteiger partial charge in [-0.05, 0) is 55.1 Å². The molecule has 11 nitrogen and oxygen atoms in total. The van der Waals surface area contributed by atoms with Gasteiger partial charge in [-0.25, -0.2) is 4.79 Å². The Balaban J connectivity index is 1.48. The summed E-state index contributed by atoms with van der Waals surface area (Å²) in [6, 6.07) is 26.7. The van der Waals surface area contributed by atoms with Crippen molar-refractivity contribution in [2.75, 3.05) is 27.4 Å². The smallest absolute Gasteiger partial charge is 0.411 e. The van der Waals surface area contributed by atoms with E-state index in [1.54, 1.807) is 39.9 Å². The zero-order valence-electron chi connectivity index (χ0n) is 35.6. The van der Waals surface area contributed by atoms with Gasteiger partial charge < -0.3 is 38.5 Å². The van der Waals surface area contributed by atoms with Crippen LogP contribution in [0.3, 0.4) is 0 Å². The average molecular weight is 823 g/mol. The number of ether oxygens (including phenoxy) is 4. The first kappa shape index (κ1) is 42.2. The Labute approximate surface area is 348 Å². The van der Waals surface area contributed by atoms with E-state index in [0.29, 0.717) is 33.9 Å². The zero-order valence-corrected chi connectivity index (χ0v) is 36.6. The van der Waals surface area contributed by atoms with E-state index < -0.39 is 61.2 Å². The number of aliphatic hydroxyl groups is 2. The summed E-state index contributed by atoms with van der Waals surface area (Å²) in [6.45, 7) is 13.6. The van der Waals surface area contributed by atoms with Gasteiger partial charge in [-0.3, -0.25) is 9.69 Å². The molecule has 2 amide bonds. The maximum absolute atomic E-state index is 15.4. The predicted molar refractivity (Wildman–Crippen MR) is 228 cm³/mol. The first-order valence-corrected chi connectivity index (χ1v) is 22.3. The van der Waals surface area contributed by atoms with Crippen LogP contribution in [0.25, 0.3) is 0 Å². The van der Waals surface area contributed by atoms with Crippen molar-refractivity contribution in [1.82, 2.24) is 9.80 Å². The molecule has 0 unspecified atom stereocenters. The van der Waals surface area contributed by atoms with Crippen molar-refractivity contribution in [2.45, 2.75) is 102 Å². The molecule has 12 heteroatoms. The summed E-state index contributed by atoms with van der Waals surface area (Å²) in [5.41, 5.74) is 1.60. The quantitative estimate of drug-likeness (QED) is 0.164. The van der Waals surface area contributed by atoms with Crippen molar-refractivity contribution in [3.05, 3.63) is 113 Å². The molecular formula is C47H58N2O9Si. The summed E-state index contributed by atoms with van der Waals surface area (Å²) >= 11 is 0. The Morgan fingerprint density at radius 3 is 1.86 bits per heavy atom. The molecule has 0 spiro atoms. The summed E-state index contributed by atoms with van der Waals surface area (Å²) in [6.07, 6.45) is -1.84. The van der Waals surface area contributed by atoms with E-state index in [1.807, 2.05) is 73.7 Å². The monoisotopic (exact) mass is 822 g/mol. The molecule has 3 heterocycles. The van der Waals surface area contributed by atoms with Crippen LogP contribution in [-0.2, 0) is 20.6 Å². The van der Waals surface area contributed by atoms with Gasteiger partial charge in [0, 0.05) is 29.2 Å². The van der Waals surface area contributed by atoms with Crippen LogP contribution in [0.5, 0.6) is 17.2 Å². The van der Waals surface area contributed by atoms with Crippen LogP contribution in [0, 0.1) is 12.8 Å². The lowest BCUT2D eigenvalue weighted by Gasteiger charge is -2.55. The van der Waals surface area contributed by atoms with Crippen LogP contribution in [-0.4, -0.2) is 91.5 Å². The molecule has 3 aliphatic heterocycles. The van der Waals surface area contributed by atoms with Crippen LogP contribution in [0.15, 0.2) is 91.0 Å². The fraction of sp³-hybridized carbons (Fsp3) is 0.447. The molecule has 2 N–H and O–H groups in total. The maximum Gasteiger partial charge on any atom is 0.411 e. The van der Waals surface area contributed by atoms with Gasteiger partial charge in [-0.1, -0.05) is 112 Å². The van der Waals surface area contributed by atoms with E-state index in [9.17, 15) is 15.0 Å². The second-order valence-corrected chi connectivity index (χ2v) is 22.2. The molecule has 4 aromatic rings. The Hall–Kier alpha value is -4.88. The summed E-state index contributed by atoms with van der Waals surface area (Å²) in [7, 11) is -0.111. The van der Waals surface area contributed by atoms with Crippen LogP contribution in [0.4, 0.5) is 4.79 Å². The van der Waals surface area contributed by atoms with Gasteiger partial charge in [0.2, 0.25) is 5.91 Å². The van der Waals surface area contributed by atoms with Crippen molar-refractivity contribution >= 4 is 30.7 Å². The fourth-order valence-electron chi connectivity index (χ4n) is 9.86. The predicted octanol–water partition coefficient (Wildman–Crippen LogP) is 6.45. The van der Waals surface area contributed by atoms with Gasteiger partial charge in [0.05, 0.1) is 39.0 Å². The van der Waals surface area contributed by atoms with Crippen molar-refractivity contribution in [1.29, 1.82) is 0 Å². The molecule has 0 radical (unpaired) electrons. The topological polar surface area (TPSA) is 127 Å². The van der Waals surface area contributed by atoms with Gasteiger partial charge in [-0.15, -0.1) is 0 Å². The third-order valence-corrected chi connectivity index (χ3v) is 17.2. The molecule has 314 valence electrons. The van der Waals surface area contributed by atoms with E-state index in [-0.39, 0.29) is 32.1 Å². The molecule has 0 aromatic heterocycles. The first-order chi connectivity index (χ1) is 28.1. The Kier molecular flexibility index (Phi) is 11.7. The molecule has 3 aliphatic rings. The Morgan fingerprint density at radius 1 is 0.797 bits per heavy atom. The number of piperazine rings is 1. The normalized spacial score (nSPS) is 22.7. The highest BCUT2D eigenvalue weighted by Crippen LogP contribution is 2.58. The molecule has 0 saturated carbocycles. The van der Waals surface area contributed by atoms with E-state index in [1.165, 1.54) is 4.90 Å². The number of hydrogen-bond donors (Lipinski definition) is 2. The number of rotatable bonds is 11. The number of benzene rings is 4. The molecule has 6 atom stereocenters. The highest BCUT2D eigenvalue weighted by molar-refractivity contribution is 6.99. The fourth-order valence-corrected chi connectivity index (χ4v) is 14.4. The van der Waals surface area contributed by atoms with Crippen molar-refractivity contribution in [3.8, 4) is 17.2 Å². The number of nitrogens with zero attached hydrogens (tertiary/aromatic N) is 2.